The zero-order valence-corrected chi connectivity index (χ0v) is 16.4. The number of nitrogens with one attached hydrogen (secondary N) is 2. The largest absolute Gasteiger partial charge is 0.457 e. The Morgan fingerprint density at radius 3 is 2.64 bits per heavy atom. The minimum absolute atomic E-state index is 0.411. The van der Waals surface area contributed by atoms with Gasteiger partial charge in [0.15, 0.2) is 11.8 Å². The molecule has 0 aliphatic heterocycles. The van der Waals surface area contributed by atoms with Gasteiger partial charge in [0.1, 0.15) is 11.5 Å². The van der Waals surface area contributed by atoms with Crippen LogP contribution in [0.3, 0.4) is 0 Å². The molecule has 28 heavy (non-hydrogen) atoms. The van der Waals surface area contributed by atoms with E-state index >= 15 is 0 Å². The molecule has 0 unspecified atom stereocenters. The van der Waals surface area contributed by atoms with Crippen LogP contribution in [0.4, 0.5) is 0 Å². The number of guanidine groups is 1. The van der Waals surface area contributed by atoms with Gasteiger partial charge in [0, 0.05) is 12.1 Å². The molecule has 2 aromatic carbocycles. The maximum Gasteiger partial charge on any atom is 0.246 e. The van der Waals surface area contributed by atoms with Gasteiger partial charge < -0.3 is 19.9 Å². The van der Waals surface area contributed by atoms with E-state index < -0.39 is 0 Å². The number of aliphatic imine (C=N–C) groups is 1. The van der Waals surface area contributed by atoms with E-state index in [0.717, 1.165) is 29.2 Å². The van der Waals surface area contributed by atoms with Crippen LogP contribution in [0.5, 0.6) is 11.5 Å². The summed E-state index contributed by atoms with van der Waals surface area (Å²) >= 11 is 0. The van der Waals surface area contributed by atoms with Gasteiger partial charge in [0.2, 0.25) is 5.89 Å². The fraction of sp³-hybridized carbons (Fsp3) is 0.286. The molecule has 0 bridgehead atoms. The van der Waals surface area contributed by atoms with Gasteiger partial charge in [-0.05, 0) is 44.5 Å². The first kappa shape index (κ1) is 19.4. The van der Waals surface area contributed by atoms with Gasteiger partial charge in [0.05, 0.1) is 13.1 Å². The Hall–Kier alpha value is -3.35. The van der Waals surface area contributed by atoms with Crippen molar-refractivity contribution in [1.82, 2.24) is 20.8 Å². The summed E-state index contributed by atoms with van der Waals surface area (Å²) in [4.78, 5) is 8.85. The number of hydrogen-bond donors (Lipinski definition) is 2. The van der Waals surface area contributed by atoms with Crippen LogP contribution in [0.1, 0.15) is 29.8 Å². The summed E-state index contributed by atoms with van der Waals surface area (Å²) in [5, 5.41) is 10.2. The van der Waals surface area contributed by atoms with Gasteiger partial charge in [0.25, 0.3) is 0 Å². The average molecular weight is 379 g/mol. The van der Waals surface area contributed by atoms with Crippen molar-refractivity contribution in [3.63, 3.8) is 0 Å². The lowest BCUT2D eigenvalue weighted by molar-refractivity contribution is 0.371. The fourth-order valence-corrected chi connectivity index (χ4v) is 2.58. The molecule has 7 heteroatoms. The first-order valence-corrected chi connectivity index (χ1v) is 9.28. The summed E-state index contributed by atoms with van der Waals surface area (Å²) in [6.07, 6.45) is 0. The Bertz CT molecular complexity index is 922. The highest BCUT2D eigenvalue weighted by atomic mass is 16.5. The van der Waals surface area contributed by atoms with Crippen molar-refractivity contribution in [1.29, 1.82) is 0 Å². The topological polar surface area (TPSA) is 84.6 Å². The summed E-state index contributed by atoms with van der Waals surface area (Å²) in [6, 6.07) is 15.9. The molecule has 0 radical (unpaired) electrons. The number of aryl methyl sites for hydroxylation is 2. The smallest absolute Gasteiger partial charge is 0.246 e. The zero-order valence-electron chi connectivity index (χ0n) is 16.4. The molecule has 0 spiro atoms. The monoisotopic (exact) mass is 379 g/mol. The van der Waals surface area contributed by atoms with Crippen LogP contribution in [0, 0.1) is 13.8 Å². The number of benzene rings is 2. The Morgan fingerprint density at radius 1 is 1.11 bits per heavy atom. The number of ether oxygens (including phenoxy) is 1. The maximum absolute atomic E-state index is 6.07. The lowest BCUT2D eigenvalue weighted by atomic mass is 10.1. The molecule has 1 aromatic heterocycles. The van der Waals surface area contributed by atoms with E-state index in [2.05, 4.69) is 31.8 Å². The lowest BCUT2D eigenvalue weighted by Gasteiger charge is -2.13. The molecule has 0 atom stereocenters. The molecule has 2 N–H and O–H groups in total. The molecule has 146 valence electrons. The van der Waals surface area contributed by atoms with E-state index in [1.165, 1.54) is 0 Å². The molecule has 0 saturated carbocycles. The quantitative estimate of drug-likeness (QED) is 0.481. The zero-order chi connectivity index (χ0) is 19.8. The fourth-order valence-electron chi connectivity index (χ4n) is 2.58. The van der Waals surface area contributed by atoms with Crippen molar-refractivity contribution in [3.05, 3.63) is 71.4 Å². The van der Waals surface area contributed by atoms with E-state index in [9.17, 15) is 0 Å². The molecule has 0 aliphatic rings. The maximum atomic E-state index is 6.07. The number of hydrogen-bond acceptors (Lipinski definition) is 5. The van der Waals surface area contributed by atoms with E-state index in [-0.39, 0.29) is 0 Å². The predicted molar refractivity (Wildman–Crippen MR) is 108 cm³/mol. The van der Waals surface area contributed by atoms with Gasteiger partial charge in [-0.15, -0.1) is 0 Å². The Labute approximate surface area is 164 Å². The predicted octanol–water partition coefficient (Wildman–Crippen LogP) is 3.73. The van der Waals surface area contributed by atoms with Crippen molar-refractivity contribution in [2.24, 2.45) is 4.99 Å². The normalized spacial score (nSPS) is 11.3. The average Bonchev–Trinajstić information content (AvgIpc) is 3.11. The summed E-state index contributed by atoms with van der Waals surface area (Å²) in [5.41, 5.74) is 2.13. The van der Waals surface area contributed by atoms with Crippen molar-refractivity contribution >= 4 is 5.96 Å². The molecule has 1 heterocycles. The third kappa shape index (κ3) is 5.57. The summed E-state index contributed by atoms with van der Waals surface area (Å²) in [6.45, 7) is 7.48. The van der Waals surface area contributed by atoms with Crippen molar-refractivity contribution in [2.75, 3.05) is 6.54 Å². The number of nitrogens with zero attached hydrogens (tertiary/aromatic N) is 3. The van der Waals surface area contributed by atoms with Crippen molar-refractivity contribution in [2.45, 2.75) is 33.9 Å². The number of aromatic nitrogens is 2. The minimum Gasteiger partial charge on any atom is -0.457 e. The van der Waals surface area contributed by atoms with Gasteiger partial charge in [-0.25, -0.2) is 4.99 Å². The molecule has 7 nitrogen and oxygen atoms in total. The van der Waals surface area contributed by atoms with Crippen LogP contribution >= 0.6 is 0 Å². The highest BCUT2D eigenvalue weighted by molar-refractivity contribution is 5.79. The second-order valence-corrected chi connectivity index (χ2v) is 6.31. The first-order valence-electron chi connectivity index (χ1n) is 9.28. The highest BCUT2D eigenvalue weighted by Crippen LogP contribution is 2.27. The molecular weight excluding hydrogens is 354 g/mol. The molecular formula is C21H25N5O2. The second-order valence-electron chi connectivity index (χ2n) is 6.31. The van der Waals surface area contributed by atoms with Gasteiger partial charge in [-0.1, -0.05) is 35.5 Å². The van der Waals surface area contributed by atoms with Crippen LogP contribution in [-0.2, 0) is 13.1 Å². The van der Waals surface area contributed by atoms with Crippen LogP contribution in [0.25, 0.3) is 0 Å². The highest BCUT2D eigenvalue weighted by Gasteiger charge is 2.08. The van der Waals surface area contributed by atoms with E-state index in [0.29, 0.717) is 30.8 Å². The van der Waals surface area contributed by atoms with Crippen molar-refractivity contribution < 1.29 is 9.26 Å². The Morgan fingerprint density at radius 2 is 1.93 bits per heavy atom. The summed E-state index contributed by atoms with van der Waals surface area (Å²) in [7, 11) is 0. The Balaban J connectivity index is 1.72. The summed E-state index contributed by atoms with van der Waals surface area (Å²) < 4.78 is 11.2. The second kappa shape index (κ2) is 9.55. The lowest BCUT2D eigenvalue weighted by Crippen LogP contribution is -2.36. The molecule has 3 rings (SSSR count). The molecule has 0 amide bonds. The van der Waals surface area contributed by atoms with Gasteiger partial charge >= 0.3 is 0 Å². The van der Waals surface area contributed by atoms with Gasteiger partial charge in [-0.2, -0.15) is 4.98 Å². The Kier molecular flexibility index (Phi) is 6.62. The third-order valence-corrected chi connectivity index (χ3v) is 3.92. The summed E-state index contributed by atoms with van der Waals surface area (Å²) in [5.74, 6) is 3.41. The minimum atomic E-state index is 0.411. The molecule has 3 aromatic rings. The number of para-hydroxylation sites is 1. The van der Waals surface area contributed by atoms with Gasteiger partial charge in [-0.3, -0.25) is 0 Å². The third-order valence-electron chi connectivity index (χ3n) is 3.92. The first-order chi connectivity index (χ1) is 13.6. The standard InChI is InChI=1S/C21H25N5O2/c1-4-22-21(24-14-20-25-16(3)26-28-20)23-13-17-11-10-15(2)12-19(17)27-18-8-6-5-7-9-18/h5-12H,4,13-14H2,1-3H3,(H2,22,23,24). The SMILES string of the molecule is CCNC(=NCc1ccc(C)cc1Oc1ccccc1)NCc1nc(C)no1. The van der Waals surface area contributed by atoms with E-state index in [4.69, 9.17) is 9.26 Å². The number of rotatable bonds is 7. The van der Waals surface area contributed by atoms with Crippen LogP contribution in [-0.4, -0.2) is 22.6 Å². The van der Waals surface area contributed by atoms with Crippen LogP contribution in [0.15, 0.2) is 58.0 Å². The molecule has 0 saturated heterocycles. The molecule has 0 aliphatic carbocycles. The van der Waals surface area contributed by atoms with Crippen LogP contribution in [0.2, 0.25) is 0 Å². The molecule has 0 fully saturated rings. The van der Waals surface area contributed by atoms with E-state index in [1.54, 1.807) is 6.92 Å². The van der Waals surface area contributed by atoms with E-state index in [1.807, 2.05) is 56.3 Å². The van der Waals surface area contributed by atoms with Crippen molar-refractivity contribution in [3.8, 4) is 11.5 Å². The van der Waals surface area contributed by atoms with Crippen LogP contribution < -0.4 is 15.4 Å².